The third-order valence-electron chi connectivity index (χ3n) is 4.04. The molecular formula is C20H26F3N3O2S. The Kier molecular flexibility index (Phi) is 8.81. The van der Waals surface area contributed by atoms with Crippen molar-refractivity contribution < 1.29 is 21.6 Å². The van der Waals surface area contributed by atoms with Crippen molar-refractivity contribution >= 4 is 22.1 Å². The van der Waals surface area contributed by atoms with Crippen LogP contribution in [-0.2, 0) is 15.8 Å². The Morgan fingerprint density at radius 2 is 1.86 bits per heavy atom. The SMILES string of the molecule is C=NCC/C=C(\CC)c1nc(C(C)(F)F)cn1-c1ccc(S(C)(=O)=O)cc1.CF. The Hall–Kier alpha value is -2.42. The summed E-state index contributed by atoms with van der Waals surface area (Å²) in [6, 6.07) is 6.07. The standard InChI is InChI=1S/C19H23F2N3O2S.CH3F/c1-5-14(7-6-12-22-3)18-23-17(19(2,20)21)13-24(18)15-8-10-16(11-9-15)27(4,25)26;1-2/h7-11,13H,3,5-6,12H2,1-2,4H3;1H3/b14-7+;. The van der Waals surface area contributed by atoms with Crippen molar-refractivity contribution in [2.75, 3.05) is 20.0 Å². The smallest absolute Gasteiger partial charge is 0.288 e. The maximum Gasteiger partial charge on any atom is 0.288 e. The van der Waals surface area contributed by atoms with E-state index in [1.807, 2.05) is 13.0 Å². The van der Waals surface area contributed by atoms with Gasteiger partial charge in [0.15, 0.2) is 9.84 Å². The molecule has 2 rings (SSSR count). The molecule has 9 heteroatoms. The molecule has 0 fully saturated rings. The Morgan fingerprint density at radius 1 is 1.28 bits per heavy atom. The first-order valence-corrected chi connectivity index (χ1v) is 10.7. The van der Waals surface area contributed by atoms with Gasteiger partial charge >= 0.3 is 0 Å². The van der Waals surface area contributed by atoms with E-state index in [2.05, 4.69) is 16.7 Å². The predicted molar refractivity (Wildman–Crippen MR) is 111 cm³/mol. The molecule has 0 bridgehead atoms. The van der Waals surface area contributed by atoms with Gasteiger partial charge in [0.1, 0.15) is 11.5 Å². The molecule has 0 amide bonds. The van der Waals surface area contributed by atoms with Gasteiger partial charge in [-0.05, 0) is 49.4 Å². The molecule has 0 unspecified atom stereocenters. The van der Waals surface area contributed by atoms with Crippen LogP contribution < -0.4 is 0 Å². The average molecular weight is 430 g/mol. The third kappa shape index (κ3) is 6.56. The molecule has 0 radical (unpaired) electrons. The second-order valence-electron chi connectivity index (χ2n) is 6.29. The van der Waals surface area contributed by atoms with Crippen molar-refractivity contribution in [2.24, 2.45) is 4.99 Å². The van der Waals surface area contributed by atoms with E-state index in [1.165, 1.54) is 18.3 Å². The van der Waals surface area contributed by atoms with Gasteiger partial charge in [-0.3, -0.25) is 8.96 Å². The molecule has 0 N–H and O–H groups in total. The second kappa shape index (κ2) is 10.4. The summed E-state index contributed by atoms with van der Waals surface area (Å²) in [6.45, 7) is 6.69. The van der Waals surface area contributed by atoms with E-state index in [4.69, 9.17) is 0 Å². The molecule has 1 aromatic carbocycles. The Bertz CT molecular complexity index is 944. The topological polar surface area (TPSA) is 64.3 Å². The summed E-state index contributed by atoms with van der Waals surface area (Å²) in [5.41, 5.74) is 1.02. The van der Waals surface area contributed by atoms with Gasteiger partial charge in [-0.2, -0.15) is 8.78 Å². The van der Waals surface area contributed by atoms with Crippen LogP contribution in [0, 0.1) is 0 Å². The van der Waals surface area contributed by atoms with E-state index in [0.29, 0.717) is 38.1 Å². The maximum atomic E-state index is 13.9. The molecule has 1 aromatic heterocycles. The minimum atomic E-state index is -3.34. The molecule has 0 aliphatic carbocycles. The minimum absolute atomic E-state index is 0.164. The van der Waals surface area contributed by atoms with Crippen molar-refractivity contribution in [3.05, 3.63) is 48.1 Å². The zero-order chi connectivity index (χ0) is 22.2. The highest BCUT2D eigenvalue weighted by Gasteiger charge is 2.29. The van der Waals surface area contributed by atoms with E-state index in [1.54, 1.807) is 16.7 Å². The maximum absolute atomic E-state index is 13.9. The molecule has 0 aliphatic heterocycles. The number of alkyl halides is 3. The molecule has 0 spiro atoms. The molecule has 160 valence electrons. The lowest BCUT2D eigenvalue weighted by Gasteiger charge is -2.10. The van der Waals surface area contributed by atoms with E-state index < -0.39 is 15.8 Å². The lowest BCUT2D eigenvalue weighted by atomic mass is 10.1. The lowest BCUT2D eigenvalue weighted by Crippen LogP contribution is -2.07. The van der Waals surface area contributed by atoms with Gasteiger partial charge in [-0.1, -0.05) is 13.0 Å². The van der Waals surface area contributed by atoms with Crippen LogP contribution in [-0.4, -0.2) is 44.7 Å². The number of halogens is 3. The zero-order valence-electron chi connectivity index (χ0n) is 17.0. The largest absolute Gasteiger partial charge is 0.301 e. The molecule has 0 aliphatic rings. The van der Waals surface area contributed by atoms with Crippen molar-refractivity contribution in [3.8, 4) is 5.69 Å². The molecule has 0 saturated heterocycles. The normalized spacial score (nSPS) is 12.3. The van der Waals surface area contributed by atoms with Crippen LogP contribution in [0.1, 0.15) is 38.2 Å². The van der Waals surface area contributed by atoms with Gasteiger partial charge in [0.05, 0.1) is 12.1 Å². The molecule has 1 heterocycles. The lowest BCUT2D eigenvalue weighted by molar-refractivity contribution is 0.0131. The van der Waals surface area contributed by atoms with Crippen molar-refractivity contribution in [1.82, 2.24) is 9.55 Å². The number of benzene rings is 1. The number of nitrogens with zero attached hydrogens (tertiary/aromatic N) is 3. The summed E-state index contributed by atoms with van der Waals surface area (Å²) in [6.07, 6.45) is 5.55. The van der Waals surface area contributed by atoms with Gasteiger partial charge < -0.3 is 4.99 Å². The summed E-state index contributed by atoms with van der Waals surface area (Å²) < 4.78 is 62.1. The number of allylic oxidation sites excluding steroid dienone is 1. The van der Waals surface area contributed by atoms with E-state index in [9.17, 15) is 21.6 Å². The fourth-order valence-corrected chi connectivity index (χ4v) is 3.22. The zero-order valence-corrected chi connectivity index (χ0v) is 17.8. The molecule has 5 nitrogen and oxygen atoms in total. The van der Waals surface area contributed by atoms with Gasteiger partial charge in [0.25, 0.3) is 5.92 Å². The first-order chi connectivity index (χ1) is 13.6. The molecule has 2 aromatic rings. The Morgan fingerprint density at radius 3 is 2.31 bits per heavy atom. The number of aromatic nitrogens is 2. The van der Waals surface area contributed by atoms with E-state index in [-0.39, 0.29) is 10.6 Å². The fourth-order valence-electron chi connectivity index (χ4n) is 2.59. The van der Waals surface area contributed by atoms with Gasteiger partial charge in [-0.15, -0.1) is 0 Å². The highest BCUT2D eigenvalue weighted by Crippen LogP contribution is 2.30. The number of aliphatic imine (C=N–C) groups is 1. The quantitative estimate of drug-likeness (QED) is 0.445. The summed E-state index contributed by atoms with van der Waals surface area (Å²) in [5.74, 6) is -2.68. The van der Waals surface area contributed by atoms with Crippen LogP contribution in [0.15, 0.2) is 46.4 Å². The second-order valence-corrected chi connectivity index (χ2v) is 8.31. The molecule has 29 heavy (non-hydrogen) atoms. The molecular weight excluding hydrogens is 403 g/mol. The van der Waals surface area contributed by atoms with Gasteiger partial charge in [0, 0.05) is 31.6 Å². The Balaban J connectivity index is 0.00000204. The van der Waals surface area contributed by atoms with Gasteiger partial charge in [0.2, 0.25) is 0 Å². The van der Waals surface area contributed by atoms with Crippen LogP contribution in [0.5, 0.6) is 0 Å². The number of hydrogen-bond donors (Lipinski definition) is 0. The van der Waals surface area contributed by atoms with Gasteiger partial charge in [-0.25, -0.2) is 13.4 Å². The van der Waals surface area contributed by atoms with E-state index in [0.717, 1.165) is 18.8 Å². The summed E-state index contributed by atoms with van der Waals surface area (Å²) in [4.78, 5) is 8.12. The number of rotatable bonds is 8. The minimum Gasteiger partial charge on any atom is -0.301 e. The van der Waals surface area contributed by atoms with Crippen molar-refractivity contribution in [3.63, 3.8) is 0 Å². The van der Waals surface area contributed by atoms with Crippen LogP contribution in [0.3, 0.4) is 0 Å². The summed E-state index contributed by atoms with van der Waals surface area (Å²) in [7, 11) is -2.84. The summed E-state index contributed by atoms with van der Waals surface area (Å²) in [5, 5.41) is 0. The van der Waals surface area contributed by atoms with Crippen molar-refractivity contribution in [1.29, 1.82) is 0 Å². The Labute approximate surface area is 169 Å². The summed E-state index contributed by atoms with van der Waals surface area (Å²) >= 11 is 0. The third-order valence-corrected chi connectivity index (χ3v) is 5.17. The highest BCUT2D eigenvalue weighted by molar-refractivity contribution is 7.90. The van der Waals surface area contributed by atoms with Crippen LogP contribution in [0.25, 0.3) is 11.3 Å². The number of hydrogen-bond acceptors (Lipinski definition) is 4. The van der Waals surface area contributed by atoms with E-state index >= 15 is 0 Å². The molecule has 0 atom stereocenters. The fraction of sp³-hybridized carbons (Fsp3) is 0.400. The monoisotopic (exact) mass is 429 g/mol. The molecule has 0 saturated carbocycles. The first-order valence-electron chi connectivity index (χ1n) is 8.85. The number of sulfone groups is 1. The van der Waals surface area contributed by atoms with Crippen LogP contribution >= 0.6 is 0 Å². The highest BCUT2D eigenvalue weighted by atomic mass is 32.2. The first kappa shape index (κ1) is 24.6. The van der Waals surface area contributed by atoms with Crippen LogP contribution in [0.2, 0.25) is 0 Å². The predicted octanol–water partition coefficient (Wildman–Crippen LogP) is 4.86. The van der Waals surface area contributed by atoms with Crippen LogP contribution in [0.4, 0.5) is 13.2 Å². The number of imidazole rings is 1. The average Bonchev–Trinajstić information content (AvgIpc) is 3.12. The van der Waals surface area contributed by atoms with Crippen molar-refractivity contribution in [2.45, 2.75) is 37.5 Å².